The first kappa shape index (κ1) is 18.9. The van der Waals surface area contributed by atoms with Gasteiger partial charge in [0.15, 0.2) is 0 Å². The van der Waals surface area contributed by atoms with Crippen molar-refractivity contribution >= 4 is 6.08 Å². The number of allylic oxidation sites excluding steroid dienone is 1. The van der Waals surface area contributed by atoms with Crippen molar-refractivity contribution in [3.8, 4) is 6.07 Å². The number of nitrogens with one attached hydrogen (secondary N) is 1. The Labute approximate surface area is 170 Å². The van der Waals surface area contributed by atoms with Crippen molar-refractivity contribution in [2.45, 2.75) is 25.8 Å². The van der Waals surface area contributed by atoms with Crippen LogP contribution in [0.5, 0.6) is 0 Å². The zero-order valence-corrected chi connectivity index (χ0v) is 16.6. The minimum Gasteiger partial charge on any atom is -0.440 e. The summed E-state index contributed by atoms with van der Waals surface area (Å²) < 4.78 is 6.05. The smallest absolute Gasteiger partial charge is 0.205 e. The molecule has 0 saturated heterocycles. The quantitative estimate of drug-likeness (QED) is 0.841. The summed E-state index contributed by atoms with van der Waals surface area (Å²) in [6.07, 6.45) is 9.23. The molecule has 0 radical (unpaired) electrons. The van der Waals surface area contributed by atoms with Crippen molar-refractivity contribution in [1.29, 1.82) is 5.26 Å². The lowest BCUT2D eigenvalue weighted by Crippen LogP contribution is -3.16. The fourth-order valence-electron chi connectivity index (χ4n) is 3.99. The van der Waals surface area contributed by atoms with Gasteiger partial charge in [0.05, 0.1) is 12.0 Å². The van der Waals surface area contributed by atoms with Crippen molar-refractivity contribution < 1.29 is 9.64 Å². The number of nitrogens with zero attached hydrogens (tertiary/aromatic N) is 3. The van der Waals surface area contributed by atoms with E-state index in [0.717, 1.165) is 41.1 Å². The van der Waals surface area contributed by atoms with Gasteiger partial charge in [-0.15, -0.1) is 0 Å². The molecule has 6 heteroatoms. The third-order valence-electron chi connectivity index (χ3n) is 5.51. The first-order chi connectivity index (χ1) is 14.1. The first-order valence-electron chi connectivity index (χ1n) is 9.74. The number of nitriles is 1. The van der Waals surface area contributed by atoms with E-state index in [1.807, 2.05) is 30.5 Å². The fourth-order valence-corrected chi connectivity index (χ4v) is 3.99. The Morgan fingerprint density at radius 3 is 2.59 bits per heavy atom. The van der Waals surface area contributed by atoms with Crippen LogP contribution in [-0.4, -0.2) is 29.1 Å². The summed E-state index contributed by atoms with van der Waals surface area (Å²) >= 11 is 0. The highest BCUT2D eigenvalue weighted by Crippen LogP contribution is 2.41. The van der Waals surface area contributed by atoms with Crippen LogP contribution in [0.1, 0.15) is 30.9 Å². The van der Waals surface area contributed by atoms with E-state index in [9.17, 15) is 5.26 Å². The highest BCUT2D eigenvalue weighted by atomic mass is 16.5. The molecular weight excluding hydrogens is 362 g/mol. The normalized spacial score (nSPS) is 23.0. The van der Waals surface area contributed by atoms with Crippen molar-refractivity contribution in [2.75, 3.05) is 13.1 Å². The Morgan fingerprint density at radius 2 is 1.97 bits per heavy atom. The molecule has 0 fully saturated rings. The number of nitrogens with two attached hydrogens (primary N) is 1. The Bertz CT molecular complexity index is 1030. The second-order valence-corrected chi connectivity index (χ2v) is 7.69. The number of hydrogen-bond donors (Lipinski definition) is 2. The number of quaternary nitrogens is 1. The van der Waals surface area contributed by atoms with E-state index in [-0.39, 0.29) is 11.8 Å². The van der Waals surface area contributed by atoms with Gasteiger partial charge in [-0.05, 0) is 43.2 Å². The largest absolute Gasteiger partial charge is 0.440 e. The molecular formula is C23H24N5O+. The molecule has 1 unspecified atom stereocenters. The minimum atomic E-state index is -0.246. The number of rotatable bonds is 3. The monoisotopic (exact) mass is 386 g/mol. The number of hydrogen-bond acceptors (Lipinski definition) is 5. The maximum absolute atomic E-state index is 9.82. The predicted molar refractivity (Wildman–Crippen MR) is 110 cm³/mol. The molecule has 3 N–H and O–H groups in total. The van der Waals surface area contributed by atoms with E-state index in [4.69, 9.17) is 10.5 Å². The molecule has 2 aromatic heterocycles. The van der Waals surface area contributed by atoms with Crippen LogP contribution >= 0.6 is 0 Å². The summed E-state index contributed by atoms with van der Waals surface area (Å²) in [4.78, 5) is 9.90. The summed E-state index contributed by atoms with van der Waals surface area (Å²) in [5.74, 6) is 0.706. The van der Waals surface area contributed by atoms with Crippen LogP contribution < -0.4 is 10.6 Å². The highest BCUT2D eigenvalue weighted by molar-refractivity contribution is 5.61. The summed E-state index contributed by atoms with van der Waals surface area (Å²) in [7, 11) is 0. The molecule has 6 nitrogen and oxygen atoms in total. The third kappa shape index (κ3) is 3.65. The molecule has 29 heavy (non-hydrogen) atoms. The van der Waals surface area contributed by atoms with Crippen LogP contribution in [0.3, 0.4) is 0 Å². The highest BCUT2D eigenvalue weighted by Gasteiger charge is 2.40. The van der Waals surface area contributed by atoms with Crippen LogP contribution in [0.4, 0.5) is 0 Å². The van der Waals surface area contributed by atoms with Gasteiger partial charge in [0.2, 0.25) is 5.88 Å². The summed E-state index contributed by atoms with van der Waals surface area (Å²) in [6, 6.07) is 10.5. The topological polar surface area (TPSA) is 89.3 Å². The van der Waals surface area contributed by atoms with Crippen molar-refractivity contribution in [3.05, 3.63) is 88.5 Å². The number of ether oxygens (including phenoxy) is 1. The Balaban J connectivity index is 1.89. The molecule has 0 aromatic carbocycles. The number of aromatic nitrogens is 2. The average Bonchev–Trinajstić information content (AvgIpc) is 2.74. The molecule has 2 aliphatic heterocycles. The van der Waals surface area contributed by atoms with E-state index in [1.165, 1.54) is 4.90 Å². The van der Waals surface area contributed by atoms with E-state index in [0.29, 0.717) is 11.6 Å². The van der Waals surface area contributed by atoms with Crippen LogP contribution in [0, 0.1) is 11.3 Å². The van der Waals surface area contributed by atoms with Crippen molar-refractivity contribution in [1.82, 2.24) is 9.97 Å². The van der Waals surface area contributed by atoms with Gasteiger partial charge in [-0.25, -0.2) is 0 Å². The maximum Gasteiger partial charge on any atom is 0.205 e. The minimum absolute atomic E-state index is 0.171. The van der Waals surface area contributed by atoms with Gasteiger partial charge < -0.3 is 15.4 Å². The van der Waals surface area contributed by atoms with E-state index >= 15 is 0 Å². The first-order valence-corrected chi connectivity index (χ1v) is 9.74. The SMILES string of the molecule is CC(C)[NH+]1CC2=C(OC(N)=C(C#N)[C@H]2c2cccnc2)/C(=C\c2cccnc2)C1. The zero-order chi connectivity index (χ0) is 20.4. The second kappa shape index (κ2) is 7.90. The lowest BCUT2D eigenvalue weighted by molar-refractivity contribution is -0.913. The molecule has 0 amide bonds. The average molecular weight is 386 g/mol. The molecule has 0 spiro atoms. The van der Waals surface area contributed by atoms with Crippen molar-refractivity contribution in [2.24, 2.45) is 5.73 Å². The Hall–Kier alpha value is -3.43. The molecule has 0 bridgehead atoms. The maximum atomic E-state index is 9.82. The molecule has 2 aliphatic rings. The van der Waals surface area contributed by atoms with E-state index in [2.05, 4.69) is 36.0 Å². The zero-order valence-electron chi connectivity index (χ0n) is 16.6. The summed E-state index contributed by atoms with van der Waals surface area (Å²) in [5.41, 5.74) is 10.8. The molecule has 0 saturated carbocycles. The fraction of sp³-hybridized carbons (Fsp3) is 0.261. The lowest BCUT2D eigenvalue weighted by Gasteiger charge is -2.37. The van der Waals surface area contributed by atoms with E-state index < -0.39 is 0 Å². The molecule has 2 aromatic rings. The molecule has 146 valence electrons. The summed E-state index contributed by atoms with van der Waals surface area (Å²) in [5, 5.41) is 9.82. The standard InChI is InChI=1S/C23H23N5O/c1-15(2)28-13-18(9-16-5-3-7-26-11-16)22-20(14-28)21(17-6-4-8-27-12-17)19(10-24)23(25)29-22/h3-9,11-12,15,21H,13-14,25H2,1-2H3/p+1/b18-9-/t21-/m1/s1. The van der Waals surface area contributed by atoms with Crippen LogP contribution in [0.25, 0.3) is 6.08 Å². The van der Waals surface area contributed by atoms with Crippen LogP contribution in [0.15, 0.2) is 77.4 Å². The van der Waals surface area contributed by atoms with Gasteiger partial charge in [-0.3, -0.25) is 9.97 Å². The van der Waals surface area contributed by atoms with Gasteiger partial charge in [0.1, 0.15) is 30.5 Å². The molecule has 2 atom stereocenters. The third-order valence-corrected chi connectivity index (χ3v) is 5.51. The van der Waals surface area contributed by atoms with Crippen molar-refractivity contribution in [3.63, 3.8) is 0 Å². The molecule has 4 rings (SSSR count). The number of pyridine rings is 2. The second-order valence-electron chi connectivity index (χ2n) is 7.69. The van der Waals surface area contributed by atoms with Gasteiger partial charge in [-0.1, -0.05) is 12.1 Å². The molecule has 4 heterocycles. The van der Waals surface area contributed by atoms with Gasteiger partial charge in [-0.2, -0.15) is 5.26 Å². The lowest BCUT2D eigenvalue weighted by atomic mass is 9.80. The Morgan fingerprint density at radius 1 is 1.21 bits per heavy atom. The van der Waals surface area contributed by atoms with Gasteiger partial charge in [0.25, 0.3) is 0 Å². The van der Waals surface area contributed by atoms with Crippen LogP contribution in [-0.2, 0) is 4.74 Å². The Kier molecular flexibility index (Phi) is 5.15. The van der Waals surface area contributed by atoms with Gasteiger partial charge >= 0.3 is 0 Å². The van der Waals surface area contributed by atoms with Crippen LogP contribution in [0.2, 0.25) is 0 Å². The summed E-state index contributed by atoms with van der Waals surface area (Å²) in [6.45, 7) is 6.03. The van der Waals surface area contributed by atoms with Gasteiger partial charge in [0, 0.05) is 35.9 Å². The predicted octanol–water partition coefficient (Wildman–Crippen LogP) is 1.93. The molecule has 0 aliphatic carbocycles. The van der Waals surface area contributed by atoms with E-state index in [1.54, 1.807) is 18.6 Å².